The van der Waals surface area contributed by atoms with Crippen molar-refractivity contribution in [3.05, 3.63) is 29.8 Å². The molecule has 1 N–H and O–H groups in total. The molecule has 0 radical (unpaired) electrons. The number of benzene rings is 1. The molecule has 21 heavy (non-hydrogen) atoms. The fourth-order valence-corrected chi connectivity index (χ4v) is 3.30. The van der Waals surface area contributed by atoms with Crippen molar-refractivity contribution in [3.63, 3.8) is 0 Å². The van der Waals surface area contributed by atoms with E-state index in [0.29, 0.717) is 23.6 Å². The molecule has 5 nitrogen and oxygen atoms in total. The molecule has 1 aromatic carbocycles. The molecule has 6 heteroatoms. The third-order valence-corrected chi connectivity index (χ3v) is 5.68. The molecule has 2 atom stereocenters. The summed E-state index contributed by atoms with van der Waals surface area (Å²) in [5, 5.41) is 3.44. The van der Waals surface area contributed by atoms with E-state index in [4.69, 9.17) is 4.74 Å². The second kappa shape index (κ2) is 6.87. The lowest BCUT2D eigenvalue weighted by molar-refractivity contribution is 0.0832. The Morgan fingerprint density at radius 1 is 1.33 bits per heavy atom. The van der Waals surface area contributed by atoms with Crippen LogP contribution in [-0.2, 0) is 21.3 Å². The van der Waals surface area contributed by atoms with Crippen LogP contribution in [0.4, 0.5) is 0 Å². The van der Waals surface area contributed by atoms with Crippen molar-refractivity contribution in [1.82, 2.24) is 9.62 Å². The molecule has 0 unspecified atom stereocenters. The highest BCUT2D eigenvalue weighted by atomic mass is 32.2. The summed E-state index contributed by atoms with van der Waals surface area (Å²) in [6.07, 6.45) is 2.53. The van der Waals surface area contributed by atoms with Crippen molar-refractivity contribution >= 4 is 10.0 Å². The lowest BCUT2D eigenvalue weighted by atomic mass is 10.1. The molecule has 1 aliphatic rings. The van der Waals surface area contributed by atoms with E-state index in [1.807, 2.05) is 12.1 Å². The lowest BCUT2D eigenvalue weighted by Gasteiger charge is -2.20. The van der Waals surface area contributed by atoms with Crippen LogP contribution in [0.1, 0.15) is 25.3 Å². The zero-order valence-corrected chi connectivity index (χ0v) is 13.7. The first-order valence-electron chi connectivity index (χ1n) is 7.27. The van der Waals surface area contributed by atoms with Gasteiger partial charge in [-0.15, -0.1) is 0 Å². The van der Waals surface area contributed by atoms with Crippen LogP contribution in [-0.4, -0.2) is 45.6 Å². The predicted molar refractivity (Wildman–Crippen MR) is 82.6 cm³/mol. The van der Waals surface area contributed by atoms with Gasteiger partial charge in [-0.25, -0.2) is 12.7 Å². The summed E-state index contributed by atoms with van der Waals surface area (Å²) in [6, 6.07) is 7.32. The van der Waals surface area contributed by atoms with Crippen molar-refractivity contribution in [2.75, 3.05) is 20.7 Å². The predicted octanol–water partition coefficient (Wildman–Crippen LogP) is 1.59. The van der Waals surface area contributed by atoms with Gasteiger partial charge in [0.15, 0.2) is 0 Å². The zero-order chi connectivity index (χ0) is 15.5. The van der Waals surface area contributed by atoms with Crippen molar-refractivity contribution in [3.8, 4) is 0 Å². The zero-order valence-electron chi connectivity index (χ0n) is 12.9. The standard InChI is InChI=1S/C15H24N2O3S/c1-12(15-5-4-10-20-15)16-11-13-6-8-14(9-7-13)21(18,19)17(2)3/h6-9,12,15-16H,4-5,10-11H2,1-3H3/t12-,15-/m1/s1. The highest BCUT2D eigenvalue weighted by molar-refractivity contribution is 7.89. The van der Waals surface area contributed by atoms with E-state index in [2.05, 4.69) is 12.2 Å². The van der Waals surface area contributed by atoms with Gasteiger partial charge in [0.1, 0.15) is 0 Å². The quantitative estimate of drug-likeness (QED) is 0.867. The second-order valence-electron chi connectivity index (χ2n) is 5.65. The monoisotopic (exact) mass is 312 g/mol. The maximum atomic E-state index is 12.0. The topological polar surface area (TPSA) is 58.6 Å². The Hall–Kier alpha value is -0.950. The van der Waals surface area contributed by atoms with Crippen molar-refractivity contribution in [2.45, 2.75) is 43.4 Å². The first-order chi connectivity index (χ1) is 9.91. The number of sulfonamides is 1. The molecule has 0 bridgehead atoms. The van der Waals surface area contributed by atoms with Crippen LogP contribution in [0.15, 0.2) is 29.2 Å². The number of ether oxygens (including phenoxy) is 1. The molecule has 0 saturated carbocycles. The summed E-state index contributed by atoms with van der Waals surface area (Å²) >= 11 is 0. The minimum Gasteiger partial charge on any atom is -0.377 e. The third kappa shape index (κ3) is 4.03. The SMILES string of the molecule is C[C@@H](NCc1ccc(S(=O)(=O)N(C)C)cc1)[C@H]1CCCO1. The molecule has 2 rings (SSSR count). The van der Waals surface area contributed by atoms with Crippen LogP contribution in [0.3, 0.4) is 0 Å². The van der Waals surface area contributed by atoms with E-state index in [1.54, 1.807) is 12.1 Å². The van der Waals surface area contributed by atoms with Gasteiger partial charge in [-0.2, -0.15) is 0 Å². The summed E-state index contributed by atoms with van der Waals surface area (Å²) in [4.78, 5) is 0.323. The van der Waals surface area contributed by atoms with E-state index in [1.165, 1.54) is 18.4 Å². The van der Waals surface area contributed by atoms with Gasteiger partial charge in [-0.3, -0.25) is 0 Å². The maximum absolute atomic E-state index is 12.0. The Labute approximate surface area is 127 Å². The van der Waals surface area contributed by atoms with Crippen LogP contribution in [0.2, 0.25) is 0 Å². The minimum atomic E-state index is -3.35. The van der Waals surface area contributed by atoms with Gasteiger partial charge in [0.05, 0.1) is 11.0 Å². The third-order valence-electron chi connectivity index (χ3n) is 3.85. The maximum Gasteiger partial charge on any atom is 0.242 e. The lowest BCUT2D eigenvalue weighted by Crippen LogP contribution is -2.36. The van der Waals surface area contributed by atoms with Gasteiger partial charge in [-0.1, -0.05) is 12.1 Å². The summed E-state index contributed by atoms with van der Waals surface area (Å²) < 4.78 is 30.8. The van der Waals surface area contributed by atoms with Crippen LogP contribution >= 0.6 is 0 Å². The average molecular weight is 312 g/mol. The molecule has 0 aliphatic carbocycles. The molecule has 0 amide bonds. The largest absolute Gasteiger partial charge is 0.377 e. The Kier molecular flexibility index (Phi) is 5.37. The van der Waals surface area contributed by atoms with Gasteiger partial charge in [0.25, 0.3) is 0 Å². The fraction of sp³-hybridized carbons (Fsp3) is 0.600. The smallest absolute Gasteiger partial charge is 0.242 e. The molecule has 1 aromatic rings. The molecule has 1 aliphatic heterocycles. The average Bonchev–Trinajstić information content (AvgIpc) is 2.99. The van der Waals surface area contributed by atoms with Gasteiger partial charge in [0, 0.05) is 33.3 Å². The second-order valence-corrected chi connectivity index (χ2v) is 7.80. The van der Waals surface area contributed by atoms with E-state index in [-0.39, 0.29) is 0 Å². The van der Waals surface area contributed by atoms with E-state index < -0.39 is 10.0 Å². The first-order valence-corrected chi connectivity index (χ1v) is 8.71. The normalized spacial score (nSPS) is 20.9. The molecular weight excluding hydrogens is 288 g/mol. The van der Waals surface area contributed by atoms with Gasteiger partial charge < -0.3 is 10.1 Å². The number of hydrogen-bond donors (Lipinski definition) is 1. The molecule has 1 saturated heterocycles. The van der Waals surface area contributed by atoms with E-state index >= 15 is 0 Å². The summed E-state index contributed by atoms with van der Waals surface area (Å²) in [7, 11) is -0.273. The van der Waals surface area contributed by atoms with Crippen LogP contribution in [0.5, 0.6) is 0 Å². The number of hydrogen-bond acceptors (Lipinski definition) is 4. The molecule has 0 spiro atoms. The summed E-state index contributed by atoms with van der Waals surface area (Å²) in [6.45, 7) is 3.69. The minimum absolute atomic E-state index is 0.290. The molecule has 1 fully saturated rings. The molecule has 0 aromatic heterocycles. The van der Waals surface area contributed by atoms with Crippen molar-refractivity contribution < 1.29 is 13.2 Å². The number of rotatable bonds is 6. The van der Waals surface area contributed by atoms with Crippen LogP contribution in [0.25, 0.3) is 0 Å². The van der Waals surface area contributed by atoms with Gasteiger partial charge in [-0.05, 0) is 37.5 Å². The Bertz CT molecular complexity index is 549. The molecular formula is C15H24N2O3S. The fourth-order valence-electron chi connectivity index (χ4n) is 2.40. The number of nitrogens with one attached hydrogen (secondary N) is 1. The van der Waals surface area contributed by atoms with Crippen molar-refractivity contribution in [2.24, 2.45) is 0 Å². The Morgan fingerprint density at radius 3 is 2.52 bits per heavy atom. The molecule has 1 heterocycles. The Morgan fingerprint density at radius 2 is 2.00 bits per heavy atom. The number of nitrogens with zero attached hydrogens (tertiary/aromatic N) is 1. The Balaban J connectivity index is 1.93. The van der Waals surface area contributed by atoms with E-state index in [9.17, 15) is 8.42 Å². The van der Waals surface area contributed by atoms with Crippen LogP contribution in [0, 0.1) is 0 Å². The molecule has 118 valence electrons. The first kappa shape index (κ1) is 16.4. The van der Waals surface area contributed by atoms with Gasteiger partial charge >= 0.3 is 0 Å². The highest BCUT2D eigenvalue weighted by Gasteiger charge is 2.22. The van der Waals surface area contributed by atoms with Crippen molar-refractivity contribution in [1.29, 1.82) is 0 Å². The summed E-state index contributed by atoms with van der Waals surface area (Å²) in [5.74, 6) is 0. The summed E-state index contributed by atoms with van der Waals surface area (Å²) in [5.41, 5.74) is 1.07. The van der Waals surface area contributed by atoms with Gasteiger partial charge in [0.2, 0.25) is 10.0 Å². The van der Waals surface area contributed by atoms with E-state index in [0.717, 1.165) is 25.0 Å². The highest BCUT2D eigenvalue weighted by Crippen LogP contribution is 2.17. The van der Waals surface area contributed by atoms with Crippen LogP contribution < -0.4 is 5.32 Å².